The molecule has 1 saturated heterocycles. The third-order valence-corrected chi connectivity index (χ3v) is 6.55. The Balaban J connectivity index is 1.41. The van der Waals surface area contributed by atoms with Gasteiger partial charge in [0.25, 0.3) is 5.91 Å². The highest BCUT2D eigenvalue weighted by Crippen LogP contribution is 2.52. The number of amides is 2. The van der Waals surface area contributed by atoms with Gasteiger partial charge in [0.15, 0.2) is 0 Å². The topological polar surface area (TPSA) is 86.7 Å². The van der Waals surface area contributed by atoms with Crippen LogP contribution >= 0.6 is 0 Å². The van der Waals surface area contributed by atoms with E-state index in [2.05, 4.69) is 5.32 Å². The van der Waals surface area contributed by atoms with Gasteiger partial charge in [-0.25, -0.2) is 0 Å². The number of hydrogen-bond donors (Lipinski definition) is 2. The fourth-order valence-electron chi connectivity index (χ4n) is 5.23. The molecule has 2 amide bonds. The number of carbonyl (C=O) groups excluding carboxylic acids is 2. The summed E-state index contributed by atoms with van der Waals surface area (Å²) in [7, 11) is 0. The van der Waals surface area contributed by atoms with Crippen molar-refractivity contribution in [2.75, 3.05) is 18.4 Å². The Hall–Kier alpha value is -2.37. The van der Waals surface area contributed by atoms with Crippen LogP contribution in [0.15, 0.2) is 24.3 Å². The first-order chi connectivity index (χ1) is 13.0. The molecule has 0 aromatic heterocycles. The number of hydrogen-bond acceptors (Lipinski definition) is 3. The van der Waals surface area contributed by atoms with Crippen LogP contribution in [0.2, 0.25) is 0 Å². The number of carbonyl (C=O) groups is 3. The summed E-state index contributed by atoms with van der Waals surface area (Å²) < 4.78 is 0. The number of anilines is 1. The predicted octanol–water partition coefficient (Wildman–Crippen LogP) is 3.00. The summed E-state index contributed by atoms with van der Waals surface area (Å²) in [5, 5.41) is 12.4. The fraction of sp³-hybridized carbons (Fsp3) is 0.571. The molecule has 6 nitrogen and oxygen atoms in total. The second kappa shape index (κ2) is 7.33. The van der Waals surface area contributed by atoms with Crippen molar-refractivity contribution < 1.29 is 19.5 Å². The normalized spacial score (nSPS) is 29.6. The Morgan fingerprint density at radius 2 is 1.56 bits per heavy atom. The van der Waals surface area contributed by atoms with Gasteiger partial charge in [-0.3, -0.25) is 14.4 Å². The Labute approximate surface area is 158 Å². The molecule has 1 aromatic carbocycles. The zero-order valence-electron chi connectivity index (χ0n) is 15.4. The van der Waals surface area contributed by atoms with Crippen molar-refractivity contribution in [3.05, 3.63) is 29.8 Å². The molecule has 1 heterocycles. The second-order valence-electron chi connectivity index (χ2n) is 8.14. The largest absolute Gasteiger partial charge is 0.481 e. The van der Waals surface area contributed by atoms with E-state index >= 15 is 0 Å². The number of nitrogens with zero attached hydrogens (tertiary/aromatic N) is 1. The molecule has 0 radical (unpaired) electrons. The summed E-state index contributed by atoms with van der Waals surface area (Å²) in [5.74, 6) is -1.73. The van der Waals surface area contributed by atoms with E-state index in [-0.39, 0.29) is 23.7 Å². The van der Waals surface area contributed by atoms with Crippen LogP contribution < -0.4 is 5.32 Å². The van der Waals surface area contributed by atoms with Crippen molar-refractivity contribution in [2.24, 2.45) is 23.7 Å². The van der Waals surface area contributed by atoms with Crippen molar-refractivity contribution in [1.82, 2.24) is 4.90 Å². The van der Waals surface area contributed by atoms with Gasteiger partial charge in [-0.15, -0.1) is 0 Å². The monoisotopic (exact) mass is 370 g/mol. The minimum atomic E-state index is -0.857. The average molecular weight is 370 g/mol. The van der Waals surface area contributed by atoms with Crippen LogP contribution in [-0.2, 0) is 9.59 Å². The molecular formula is C21H26N2O4. The number of benzene rings is 1. The van der Waals surface area contributed by atoms with E-state index in [0.717, 1.165) is 45.2 Å². The van der Waals surface area contributed by atoms with E-state index in [1.165, 1.54) is 6.42 Å². The van der Waals surface area contributed by atoms with Gasteiger partial charge in [0.2, 0.25) is 5.91 Å². The summed E-state index contributed by atoms with van der Waals surface area (Å²) in [5.41, 5.74) is 1.24. The highest BCUT2D eigenvalue weighted by atomic mass is 16.4. The summed E-state index contributed by atoms with van der Waals surface area (Å²) in [4.78, 5) is 38.7. The van der Waals surface area contributed by atoms with E-state index in [0.29, 0.717) is 11.3 Å². The first-order valence-corrected chi connectivity index (χ1v) is 9.97. The highest BCUT2D eigenvalue weighted by molar-refractivity contribution is 5.97. The molecule has 2 N–H and O–H groups in total. The Morgan fingerprint density at radius 3 is 2.19 bits per heavy atom. The zero-order valence-corrected chi connectivity index (χ0v) is 15.4. The maximum atomic E-state index is 12.7. The summed E-state index contributed by atoms with van der Waals surface area (Å²) in [6.45, 7) is 1.61. The van der Waals surface area contributed by atoms with Crippen LogP contribution in [0.4, 0.5) is 5.69 Å². The summed E-state index contributed by atoms with van der Waals surface area (Å²) >= 11 is 0. The van der Waals surface area contributed by atoms with Gasteiger partial charge in [0.1, 0.15) is 0 Å². The van der Waals surface area contributed by atoms with Crippen LogP contribution in [0, 0.1) is 23.7 Å². The molecular weight excluding hydrogens is 344 g/mol. The molecule has 1 aliphatic heterocycles. The van der Waals surface area contributed by atoms with E-state index in [1.807, 2.05) is 4.90 Å². The van der Waals surface area contributed by atoms with Crippen LogP contribution in [0.25, 0.3) is 0 Å². The van der Waals surface area contributed by atoms with Crippen LogP contribution in [0.3, 0.4) is 0 Å². The molecule has 4 atom stereocenters. The number of likely N-dealkylation sites (tertiary alicyclic amines) is 1. The molecule has 27 heavy (non-hydrogen) atoms. The van der Waals surface area contributed by atoms with Crippen LogP contribution in [0.1, 0.15) is 48.9 Å². The summed E-state index contributed by atoms with van der Waals surface area (Å²) in [6, 6.07) is 6.94. The van der Waals surface area contributed by atoms with Gasteiger partial charge in [-0.1, -0.05) is 0 Å². The van der Waals surface area contributed by atoms with E-state index < -0.39 is 17.8 Å². The molecule has 2 aliphatic carbocycles. The lowest BCUT2D eigenvalue weighted by Gasteiger charge is -2.27. The van der Waals surface area contributed by atoms with Crippen LogP contribution in [-0.4, -0.2) is 40.9 Å². The molecule has 4 unspecified atom stereocenters. The van der Waals surface area contributed by atoms with Gasteiger partial charge in [0.05, 0.1) is 11.8 Å². The maximum Gasteiger partial charge on any atom is 0.307 e. The van der Waals surface area contributed by atoms with Crippen molar-refractivity contribution in [2.45, 2.75) is 38.5 Å². The zero-order chi connectivity index (χ0) is 19.0. The number of nitrogens with one attached hydrogen (secondary N) is 1. The smallest absolute Gasteiger partial charge is 0.307 e. The Kier molecular flexibility index (Phi) is 4.89. The molecule has 4 rings (SSSR count). The standard InChI is InChI=1S/C21H26N2O4/c24-19(17-14-4-5-15(12-14)18(17)21(26)27)22-16-8-6-13(7-9-16)20(25)23-10-2-1-3-11-23/h6-9,14-15,17-18H,1-5,10-12H2,(H,22,24)(H,26,27). The van der Waals surface area contributed by atoms with E-state index in [9.17, 15) is 19.5 Å². The van der Waals surface area contributed by atoms with E-state index in [4.69, 9.17) is 0 Å². The SMILES string of the molecule is O=C(O)C1C2CCC(C2)C1C(=O)Nc1ccc(C(=O)N2CCCCC2)cc1. The molecule has 3 aliphatic rings. The molecule has 144 valence electrons. The first kappa shape index (κ1) is 18.0. The molecule has 1 aromatic rings. The minimum absolute atomic E-state index is 0.0339. The maximum absolute atomic E-state index is 12.7. The number of carboxylic acids is 1. The first-order valence-electron chi connectivity index (χ1n) is 9.97. The molecule has 0 spiro atoms. The van der Waals surface area contributed by atoms with Crippen molar-refractivity contribution in [3.8, 4) is 0 Å². The quantitative estimate of drug-likeness (QED) is 0.853. The minimum Gasteiger partial charge on any atom is -0.481 e. The number of aliphatic carboxylic acids is 1. The second-order valence-corrected chi connectivity index (χ2v) is 8.14. The lowest BCUT2D eigenvalue weighted by molar-refractivity contribution is -0.148. The summed E-state index contributed by atoms with van der Waals surface area (Å²) in [6.07, 6.45) is 5.98. The van der Waals surface area contributed by atoms with Gasteiger partial charge in [0, 0.05) is 24.3 Å². The Morgan fingerprint density at radius 1 is 0.926 bits per heavy atom. The van der Waals surface area contributed by atoms with Gasteiger partial charge in [-0.05, 0) is 74.6 Å². The highest BCUT2D eigenvalue weighted by Gasteiger charge is 2.53. The van der Waals surface area contributed by atoms with Crippen molar-refractivity contribution in [3.63, 3.8) is 0 Å². The molecule has 2 bridgehead atoms. The molecule has 6 heteroatoms. The van der Waals surface area contributed by atoms with Crippen molar-refractivity contribution in [1.29, 1.82) is 0 Å². The van der Waals surface area contributed by atoms with Gasteiger partial charge < -0.3 is 15.3 Å². The number of carboxylic acid groups (broad SMARTS) is 1. The van der Waals surface area contributed by atoms with E-state index in [1.54, 1.807) is 24.3 Å². The number of rotatable bonds is 4. The molecule has 3 fully saturated rings. The van der Waals surface area contributed by atoms with Gasteiger partial charge >= 0.3 is 5.97 Å². The number of piperidine rings is 1. The third-order valence-electron chi connectivity index (χ3n) is 6.55. The third kappa shape index (κ3) is 3.45. The average Bonchev–Trinajstić information content (AvgIpc) is 3.30. The van der Waals surface area contributed by atoms with Crippen LogP contribution in [0.5, 0.6) is 0 Å². The lowest BCUT2D eigenvalue weighted by atomic mass is 9.78. The van der Waals surface area contributed by atoms with Gasteiger partial charge in [-0.2, -0.15) is 0 Å². The molecule has 2 saturated carbocycles. The lowest BCUT2D eigenvalue weighted by Crippen LogP contribution is -2.37. The Bertz CT molecular complexity index is 739. The predicted molar refractivity (Wildman–Crippen MR) is 100 cm³/mol. The number of fused-ring (bicyclic) bond motifs is 2. The van der Waals surface area contributed by atoms with Crippen molar-refractivity contribution >= 4 is 23.5 Å². The fourth-order valence-corrected chi connectivity index (χ4v) is 5.23.